The van der Waals surface area contributed by atoms with Gasteiger partial charge in [0.25, 0.3) is 5.91 Å². The number of hydrogen-bond donors (Lipinski definition) is 3. The van der Waals surface area contributed by atoms with Crippen molar-refractivity contribution in [1.82, 2.24) is 15.6 Å². The minimum atomic E-state index is -0.267. The average Bonchev–Trinajstić information content (AvgIpc) is 3.32. The van der Waals surface area contributed by atoms with Crippen molar-refractivity contribution < 1.29 is 9.18 Å². The summed E-state index contributed by atoms with van der Waals surface area (Å²) in [4.78, 5) is 15.6. The minimum absolute atomic E-state index is 0.0184. The number of hydrogen-bond acceptors (Lipinski definition) is 3. The minimum Gasteiger partial charge on any atom is -0.351 e. The first-order valence-corrected chi connectivity index (χ1v) is 8.92. The standard InChI is InChI=1S/C21H19FN4O/c22-17-5-3-14(4-6-17)15-1-2-16-9-20(26-19(16)8-15)21(27)25-12-18-7-13(10-23)11-24-18/h1-6,8-9,13,18,24,26H,7,11-12H2,(H,25,27)/t13-,18-/m0/s1. The lowest BCUT2D eigenvalue weighted by Crippen LogP contribution is -2.37. The first-order valence-electron chi connectivity index (χ1n) is 8.92. The van der Waals surface area contributed by atoms with Gasteiger partial charge in [-0.1, -0.05) is 24.3 Å². The van der Waals surface area contributed by atoms with Gasteiger partial charge in [0, 0.05) is 30.0 Å². The van der Waals surface area contributed by atoms with Crippen LogP contribution in [-0.2, 0) is 0 Å². The first-order chi connectivity index (χ1) is 13.1. The number of carbonyl (C=O) groups is 1. The lowest BCUT2D eigenvalue weighted by molar-refractivity contribution is 0.0946. The van der Waals surface area contributed by atoms with Gasteiger partial charge in [0.05, 0.1) is 12.0 Å². The first kappa shape index (κ1) is 17.3. The fourth-order valence-electron chi connectivity index (χ4n) is 3.46. The number of nitriles is 1. The number of nitrogens with zero attached hydrogens (tertiary/aromatic N) is 1. The summed E-state index contributed by atoms with van der Waals surface area (Å²) in [6, 6.07) is 16.4. The van der Waals surface area contributed by atoms with E-state index in [4.69, 9.17) is 5.26 Å². The molecule has 136 valence electrons. The molecule has 0 unspecified atom stereocenters. The molecule has 1 aromatic heterocycles. The predicted molar refractivity (Wildman–Crippen MR) is 102 cm³/mol. The fraction of sp³-hybridized carbons (Fsp3) is 0.238. The van der Waals surface area contributed by atoms with Gasteiger partial charge in [-0.25, -0.2) is 4.39 Å². The number of nitrogens with one attached hydrogen (secondary N) is 3. The zero-order valence-electron chi connectivity index (χ0n) is 14.6. The van der Waals surface area contributed by atoms with Crippen LogP contribution < -0.4 is 10.6 Å². The molecule has 6 heteroatoms. The SMILES string of the molecule is N#C[C@H]1CN[C@H](CNC(=O)c2cc3ccc(-c4ccc(F)cc4)cc3[nH]2)C1. The third kappa shape index (κ3) is 3.69. The van der Waals surface area contributed by atoms with Crippen LogP contribution in [0.25, 0.3) is 22.0 Å². The number of H-pyrrole nitrogens is 1. The van der Waals surface area contributed by atoms with Crippen LogP contribution in [0.1, 0.15) is 16.9 Å². The Hall–Kier alpha value is -3.17. The Morgan fingerprint density at radius 3 is 2.70 bits per heavy atom. The lowest BCUT2D eigenvalue weighted by atomic mass is 10.0. The van der Waals surface area contributed by atoms with Gasteiger partial charge in [-0.15, -0.1) is 0 Å². The molecule has 2 aromatic carbocycles. The normalized spacial score (nSPS) is 19.1. The number of amides is 1. The highest BCUT2D eigenvalue weighted by Crippen LogP contribution is 2.25. The van der Waals surface area contributed by atoms with Gasteiger partial charge >= 0.3 is 0 Å². The largest absolute Gasteiger partial charge is 0.351 e. The number of carbonyl (C=O) groups excluding carboxylic acids is 1. The zero-order valence-corrected chi connectivity index (χ0v) is 14.6. The van der Waals surface area contributed by atoms with Crippen LogP contribution in [0.4, 0.5) is 4.39 Å². The second kappa shape index (κ2) is 7.22. The second-order valence-corrected chi connectivity index (χ2v) is 6.87. The van der Waals surface area contributed by atoms with Crippen molar-refractivity contribution in [1.29, 1.82) is 5.26 Å². The van der Waals surface area contributed by atoms with E-state index in [1.807, 2.05) is 24.3 Å². The van der Waals surface area contributed by atoms with Gasteiger partial charge in [0.2, 0.25) is 0 Å². The third-order valence-corrected chi connectivity index (χ3v) is 4.96. The Morgan fingerprint density at radius 2 is 1.96 bits per heavy atom. The molecule has 0 aliphatic carbocycles. The molecular weight excluding hydrogens is 343 g/mol. The molecule has 0 saturated carbocycles. The van der Waals surface area contributed by atoms with Crippen LogP contribution in [0, 0.1) is 23.1 Å². The molecular formula is C21H19FN4O. The van der Waals surface area contributed by atoms with Crippen LogP contribution >= 0.6 is 0 Å². The summed E-state index contributed by atoms with van der Waals surface area (Å²) in [5, 5.41) is 16.0. The van der Waals surface area contributed by atoms with Crippen LogP contribution in [-0.4, -0.2) is 30.0 Å². The van der Waals surface area contributed by atoms with E-state index in [0.717, 1.165) is 28.5 Å². The maximum absolute atomic E-state index is 13.1. The molecule has 2 atom stereocenters. The van der Waals surface area contributed by atoms with Gasteiger partial charge in [0.1, 0.15) is 11.5 Å². The zero-order chi connectivity index (χ0) is 18.8. The number of aromatic amines is 1. The van der Waals surface area contributed by atoms with Crippen molar-refractivity contribution in [3.63, 3.8) is 0 Å². The molecule has 1 amide bonds. The number of fused-ring (bicyclic) bond motifs is 1. The van der Waals surface area contributed by atoms with Gasteiger partial charge in [0.15, 0.2) is 0 Å². The maximum atomic E-state index is 13.1. The van der Waals surface area contributed by atoms with E-state index < -0.39 is 0 Å². The van der Waals surface area contributed by atoms with E-state index in [1.165, 1.54) is 12.1 Å². The fourth-order valence-corrected chi connectivity index (χ4v) is 3.46. The molecule has 27 heavy (non-hydrogen) atoms. The van der Waals surface area contributed by atoms with E-state index in [1.54, 1.807) is 12.1 Å². The highest BCUT2D eigenvalue weighted by Gasteiger charge is 2.24. The smallest absolute Gasteiger partial charge is 0.267 e. The average molecular weight is 362 g/mol. The Morgan fingerprint density at radius 1 is 1.19 bits per heavy atom. The number of aromatic nitrogens is 1. The van der Waals surface area contributed by atoms with E-state index in [2.05, 4.69) is 21.7 Å². The molecule has 1 aliphatic heterocycles. The second-order valence-electron chi connectivity index (χ2n) is 6.87. The molecule has 2 heterocycles. The monoisotopic (exact) mass is 362 g/mol. The van der Waals surface area contributed by atoms with E-state index in [-0.39, 0.29) is 23.7 Å². The summed E-state index contributed by atoms with van der Waals surface area (Å²) >= 11 is 0. The van der Waals surface area contributed by atoms with Crippen molar-refractivity contribution >= 4 is 16.8 Å². The van der Waals surface area contributed by atoms with E-state index >= 15 is 0 Å². The van der Waals surface area contributed by atoms with Crippen molar-refractivity contribution in [3.05, 3.63) is 60.0 Å². The van der Waals surface area contributed by atoms with Crippen molar-refractivity contribution in [2.24, 2.45) is 5.92 Å². The molecule has 0 bridgehead atoms. The molecule has 1 saturated heterocycles. The summed E-state index contributed by atoms with van der Waals surface area (Å²) in [5.41, 5.74) is 3.22. The summed E-state index contributed by atoms with van der Waals surface area (Å²) in [7, 11) is 0. The van der Waals surface area contributed by atoms with Crippen LogP contribution in [0.5, 0.6) is 0 Å². The van der Waals surface area contributed by atoms with Crippen molar-refractivity contribution in [3.8, 4) is 17.2 Å². The summed E-state index contributed by atoms with van der Waals surface area (Å²) < 4.78 is 13.1. The number of benzene rings is 2. The van der Waals surface area contributed by atoms with Crippen LogP contribution in [0.2, 0.25) is 0 Å². The molecule has 5 nitrogen and oxygen atoms in total. The Labute approximate surface area is 156 Å². The Bertz CT molecular complexity index is 1020. The van der Waals surface area contributed by atoms with Crippen LogP contribution in [0.3, 0.4) is 0 Å². The summed E-state index contributed by atoms with van der Waals surface area (Å²) in [5.74, 6) is -0.418. The highest BCUT2D eigenvalue weighted by atomic mass is 19.1. The molecule has 4 rings (SSSR count). The van der Waals surface area contributed by atoms with Gasteiger partial charge < -0.3 is 15.6 Å². The highest BCUT2D eigenvalue weighted by molar-refractivity contribution is 5.98. The molecule has 3 N–H and O–H groups in total. The molecule has 0 spiro atoms. The van der Waals surface area contributed by atoms with Gasteiger partial charge in [-0.3, -0.25) is 4.79 Å². The predicted octanol–water partition coefficient (Wildman–Crippen LogP) is 3.21. The topological polar surface area (TPSA) is 80.7 Å². The van der Waals surface area contributed by atoms with Crippen LogP contribution in [0.15, 0.2) is 48.5 Å². The summed E-state index contributed by atoms with van der Waals surface area (Å²) in [6.45, 7) is 1.17. The number of rotatable bonds is 4. The Balaban J connectivity index is 1.47. The van der Waals surface area contributed by atoms with Crippen molar-refractivity contribution in [2.75, 3.05) is 13.1 Å². The number of halogens is 1. The van der Waals surface area contributed by atoms with E-state index in [0.29, 0.717) is 18.8 Å². The lowest BCUT2D eigenvalue weighted by Gasteiger charge is -2.10. The maximum Gasteiger partial charge on any atom is 0.267 e. The van der Waals surface area contributed by atoms with Crippen molar-refractivity contribution in [2.45, 2.75) is 12.5 Å². The molecule has 1 aliphatic rings. The van der Waals surface area contributed by atoms with E-state index in [9.17, 15) is 9.18 Å². The van der Waals surface area contributed by atoms with Gasteiger partial charge in [-0.05, 0) is 41.8 Å². The Kier molecular flexibility index (Phi) is 4.61. The molecule has 3 aromatic rings. The third-order valence-electron chi connectivity index (χ3n) is 4.96. The van der Waals surface area contributed by atoms with Gasteiger partial charge in [-0.2, -0.15) is 5.26 Å². The quantitative estimate of drug-likeness (QED) is 0.667. The molecule has 0 radical (unpaired) electrons. The molecule has 1 fully saturated rings. The summed E-state index contributed by atoms with van der Waals surface area (Å²) in [6.07, 6.45) is 0.754.